The van der Waals surface area contributed by atoms with E-state index in [0.29, 0.717) is 12.2 Å². The number of nitrogens with one attached hydrogen (secondary N) is 1. The Morgan fingerprint density at radius 3 is 2.62 bits per heavy atom. The van der Waals surface area contributed by atoms with Crippen LogP contribution in [0.2, 0.25) is 0 Å². The van der Waals surface area contributed by atoms with Gasteiger partial charge in [-0.3, -0.25) is 4.79 Å². The summed E-state index contributed by atoms with van der Waals surface area (Å²) in [6.07, 6.45) is 0.473. The first kappa shape index (κ1) is 9.25. The summed E-state index contributed by atoms with van der Waals surface area (Å²) in [4.78, 5) is 9.92. The Bertz CT molecular complexity index is 316. The van der Waals surface area contributed by atoms with Crippen molar-refractivity contribution in [2.24, 2.45) is 10.8 Å². The van der Waals surface area contributed by atoms with Crippen molar-refractivity contribution >= 4 is 12.2 Å². The minimum absolute atomic E-state index is 0.298. The van der Waals surface area contributed by atoms with Crippen LogP contribution in [0.1, 0.15) is 11.1 Å². The van der Waals surface area contributed by atoms with Gasteiger partial charge in [-0.2, -0.15) is 5.10 Å². The lowest BCUT2D eigenvalue weighted by atomic mass is 10.1. The lowest BCUT2D eigenvalue weighted by Gasteiger charge is -1.99. The summed E-state index contributed by atoms with van der Waals surface area (Å²) in [5, 5.41) is 3.62. The molecule has 0 aromatic heterocycles. The fourth-order valence-corrected chi connectivity index (χ4v) is 0.885. The fraction of sp³-hybridized carbons (Fsp3) is 0.111. The van der Waals surface area contributed by atoms with Crippen LogP contribution in [-0.4, -0.2) is 12.2 Å². The van der Waals surface area contributed by atoms with Gasteiger partial charge in [-0.05, 0) is 6.92 Å². The minimum Gasteiger partial charge on any atom is -0.382 e. The third-order valence-electron chi connectivity index (χ3n) is 1.59. The third kappa shape index (κ3) is 2.59. The molecule has 1 aromatic carbocycles. The molecule has 0 unspecified atom stereocenters. The molecule has 0 aliphatic heterocycles. The summed E-state index contributed by atoms with van der Waals surface area (Å²) >= 11 is 0. The fourth-order valence-electron chi connectivity index (χ4n) is 0.885. The number of nitrogens with two attached hydrogens (primary N) is 1. The Morgan fingerprint density at radius 2 is 2.08 bits per heavy atom. The van der Waals surface area contributed by atoms with Gasteiger partial charge in [-0.15, -0.1) is 0 Å². The highest BCUT2D eigenvalue weighted by Crippen LogP contribution is 2.01. The molecule has 3 N–H and O–H groups in total. The van der Waals surface area contributed by atoms with Crippen LogP contribution < -0.4 is 11.2 Å². The monoisotopic (exact) mass is 177 g/mol. The van der Waals surface area contributed by atoms with E-state index in [-0.39, 0.29) is 0 Å². The number of hydrogen-bond donors (Lipinski definition) is 2. The topological polar surface area (TPSA) is 67.5 Å². The zero-order chi connectivity index (χ0) is 9.68. The largest absolute Gasteiger partial charge is 0.382 e. The molecule has 1 amide bonds. The summed E-state index contributed by atoms with van der Waals surface area (Å²) in [5.74, 6) is 0.298. The molecule has 1 aromatic rings. The maximum absolute atomic E-state index is 9.92. The van der Waals surface area contributed by atoms with Gasteiger partial charge in [-0.25, -0.2) is 5.43 Å². The van der Waals surface area contributed by atoms with Crippen LogP contribution in [0.4, 0.5) is 0 Å². The van der Waals surface area contributed by atoms with Crippen LogP contribution in [0.3, 0.4) is 0 Å². The number of amidine groups is 1. The molecular formula is C9H11N3O. The van der Waals surface area contributed by atoms with Crippen molar-refractivity contribution in [1.29, 1.82) is 0 Å². The Labute approximate surface area is 76.4 Å². The lowest BCUT2D eigenvalue weighted by Crippen LogP contribution is -2.18. The number of carbonyl (C=O) groups excluding carboxylic acids is 1. The first-order chi connectivity index (χ1) is 6.24. The second-order valence-corrected chi connectivity index (χ2v) is 2.61. The van der Waals surface area contributed by atoms with Gasteiger partial charge in [0, 0.05) is 5.56 Å². The van der Waals surface area contributed by atoms with Crippen molar-refractivity contribution in [1.82, 2.24) is 5.43 Å². The Hall–Kier alpha value is -1.84. The first-order valence-corrected chi connectivity index (χ1v) is 3.83. The number of hydrogen-bond acceptors (Lipinski definition) is 2. The molecule has 0 atom stereocenters. The van der Waals surface area contributed by atoms with Gasteiger partial charge < -0.3 is 5.73 Å². The molecule has 0 aliphatic rings. The SMILES string of the molecule is Cc1ccc(/C(N)=N/NC=O)cc1. The Morgan fingerprint density at radius 1 is 1.46 bits per heavy atom. The molecule has 0 saturated carbocycles. The van der Waals surface area contributed by atoms with Crippen LogP contribution in [0, 0.1) is 6.92 Å². The number of benzene rings is 1. The number of aryl methyl sites for hydroxylation is 1. The van der Waals surface area contributed by atoms with Gasteiger partial charge in [0.25, 0.3) is 0 Å². The molecule has 0 heterocycles. The second kappa shape index (κ2) is 4.25. The summed E-state index contributed by atoms with van der Waals surface area (Å²) in [5.41, 5.74) is 9.65. The molecule has 0 radical (unpaired) electrons. The van der Waals surface area contributed by atoms with Crippen molar-refractivity contribution in [3.63, 3.8) is 0 Å². The third-order valence-corrected chi connectivity index (χ3v) is 1.59. The standard InChI is InChI=1S/C9H11N3O/c1-7-2-4-8(5-3-7)9(10)12-11-6-13/h2-6H,1H3,(H2,10,12)(H,11,13). The van der Waals surface area contributed by atoms with E-state index in [9.17, 15) is 4.79 Å². The summed E-state index contributed by atoms with van der Waals surface area (Å²) in [7, 11) is 0. The van der Waals surface area contributed by atoms with E-state index in [0.717, 1.165) is 11.1 Å². The van der Waals surface area contributed by atoms with E-state index in [4.69, 9.17) is 5.73 Å². The van der Waals surface area contributed by atoms with Gasteiger partial charge in [0.2, 0.25) is 6.41 Å². The Balaban J connectivity index is 2.82. The Kier molecular flexibility index (Phi) is 3.03. The highest BCUT2D eigenvalue weighted by atomic mass is 16.1. The summed E-state index contributed by atoms with van der Waals surface area (Å²) in [6.45, 7) is 1.99. The molecule has 0 bridgehead atoms. The van der Waals surface area contributed by atoms with E-state index in [1.807, 2.05) is 31.2 Å². The molecule has 0 fully saturated rings. The molecule has 0 aliphatic carbocycles. The molecule has 4 nitrogen and oxygen atoms in total. The normalized spacial score (nSPS) is 11.0. The van der Waals surface area contributed by atoms with Crippen LogP contribution in [-0.2, 0) is 4.79 Å². The highest BCUT2D eigenvalue weighted by Gasteiger charge is 1.95. The smallest absolute Gasteiger partial charge is 0.227 e. The van der Waals surface area contributed by atoms with Gasteiger partial charge in [0.15, 0.2) is 5.84 Å². The number of rotatable bonds is 3. The van der Waals surface area contributed by atoms with Crippen molar-refractivity contribution in [2.45, 2.75) is 6.92 Å². The number of nitrogens with zero attached hydrogens (tertiary/aromatic N) is 1. The predicted octanol–water partition coefficient (Wildman–Crippen LogP) is 0.361. The van der Waals surface area contributed by atoms with Crippen LogP contribution in [0.15, 0.2) is 29.4 Å². The molecule has 1 rings (SSSR count). The average molecular weight is 177 g/mol. The quantitative estimate of drug-likeness (QED) is 0.303. The first-order valence-electron chi connectivity index (χ1n) is 3.83. The summed E-state index contributed by atoms with van der Waals surface area (Å²) < 4.78 is 0. The van der Waals surface area contributed by atoms with Gasteiger partial charge in [0.1, 0.15) is 0 Å². The van der Waals surface area contributed by atoms with Crippen molar-refractivity contribution in [3.05, 3.63) is 35.4 Å². The predicted molar refractivity (Wildman–Crippen MR) is 51.1 cm³/mol. The molecule has 13 heavy (non-hydrogen) atoms. The highest BCUT2D eigenvalue weighted by molar-refractivity contribution is 5.97. The van der Waals surface area contributed by atoms with Gasteiger partial charge in [0.05, 0.1) is 0 Å². The zero-order valence-corrected chi connectivity index (χ0v) is 7.32. The minimum atomic E-state index is 0.298. The molecular weight excluding hydrogens is 166 g/mol. The maximum atomic E-state index is 9.92. The van der Waals surface area contributed by atoms with E-state index in [1.165, 1.54) is 0 Å². The maximum Gasteiger partial charge on any atom is 0.227 e. The zero-order valence-electron chi connectivity index (χ0n) is 7.32. The van der Waals surface area contributed by atoms with E-state index >= 15 is 0 Å². The number of amides is 1. The molecule has 4 heteroatoms. The second-order valence-electron chi connectivity index (χ2n) is 2.61. The molecule has 0 spiro atoms. The van der Waals surface area contributed by atoms with Crippen molar-refractivity contribution in [3.8, 4) is 0 Å². The van der Waals surface area contributed by atoms with Crippen LogP contribution in [0.25, 0.3) is 0 Å². The van der Waals surface area contributed by atoms with Crippen molar-refractivity contribution < 1.29 is 4.79 Å². The van der Waals surface area contributed by atoms with Gasteiger partial charge in [-0.1, -0.05) is 29.8 Å². The van der Waals surface area contributed by atoms with E-state index < -0.39 is 0 Å². The lowest BCUT2D eigenvalue weighted by molar-refractivity contribution is -0.109. The van der Waals surface area contributed by atoms with Crippen LogP contribution >= 0.6 is 0 Å². The summed E-state index contributed by atoms with van der Waals surface area (Å²) in [6, 6.07) is 7.55. The number of carbonyl (C=O) groups is 1. The van der Waals surface area contributed by atoms with Crippen molar-refractivity contribution in [2.75, 3.05) is 0 Å². The number of hydrazone groups is 1. The van der Waals surface area contributed by atoms with E-state index in [1.54, 1.807) is 0 Å². The molecule has 68 valence electrons. The van der Waals surface area contributed by atoms with Gasteiger partial charge >= 0.3 is 0 Å². The average Bonchev–Trinajstić information content (AvgIpc) is 2.15. The van der Waals surface area contributed by atoms with Crippen LogP contribution in [0.5, 0.6) is 0 Å². The molecule has 0 saturated heterocycles. The van der Waals surface area contributed by atoms with E-state index in [2.05, 4.69) is 10.5 Å².